The van der Waals surface area contributed by atoms with E-state index in [2.05, 4.69) is 541 Å². The van der Waals surface area contributed by atoms with Gasteiger partial charge in [0.2, 0.25) is 0 Å². The minimum absolute atomic E-state index is 1.04. The summed E-state index contributed by atoms with van der Waals surface area (Å²) >= 11 is 0. The van der Waals surface area contributed by atoms with Crippen molar-refractivity contribution in [3.63, 3.8) is 0 Å². The third-order valence-electron chi connectivity index (χ3n) is 28.0. The molecule has 4 heteroatoms. The number of para-hydroxylation sites is 5. The fraction of sp³-hybridized carbons (Fsp3) is 0. The molecule has 2 aromatic heterocycles. The first kappa shape index (κ1) is 79.0. The van der Waals surface area contributed by atoms with Gasteiger partial charge in [0.05, 0.1) is 33.4 Å². The van der Waals surface area contributed by atoms with Gasteiger partial charge < -0.3 is 18.9 Å². The van der Waals surface area contributed by atoms with Crippen molar-refractivity contribution in [2.24, 2.45) is 0 Å². The van der Waals surface area contributed by atoms with Crippen molar-refractivity contribution in [3.05, 3.63) is 522 Å². The second-order valence-corrected chi connectivity index (χ2v) is 35.7. The van der Waals surface area contributed by atoms with Crippen LogP contribution in [0.3, 0.4) is 0 Å². The van der Waals surface area contributed by atoms with Crippen molar-refractivity contribution >= 4 is 142 Å². The standard InChI is InChI=1S/C132H86N4/c1-3-30-87(31-4-1)88-62-71-102(72-63-88)133(103-73-64-89(65-74-103)122-84-98-32-7-9-42-107(98)114-46-11-14-49-117(114)122)125-56-21-17-44-110(125)95-36-26-38-97(82-95)113-55-29-61-130-132(113)121-53-20-24-59-128(121)136(130)106-41-27-34-92(83-106)93-70-79-109-100(80-93)86-124(119-51-16-13-48-116(109)119)91-68-77-105(78-69-91)134(104-75-66-90(67-76-104)123-85-99-33-8-10-43-108(99)115-47-12-15-50-118(115)123)126-57-22-18-45-111(126)94-35-25-37-96(81-94)112-54-28-60-129-131(112)120-52-19-23-58-127(120)135(129)101-39-5-2-6-40-101/h1-86H. The molecule has 0 saturated carbocycles. The number of aromatic nitrogens is 2. The van der Waals surface area contributed by atoms with Crippen LogP contribution in [-0.2, 0) is 0 Å². The molecule has 136 heavy (non-hydrogen) atoms. The Hall–Kier alpha value is -18.0. The second kappa shape index (κ2) is 33.1. The largest absolute Gasteiger partial charge is 0.310 e. The van der Waals surface area contributed by atoms with Gasteiger partial charge >= 0.3 is 0 Å². The number of rotatable bonds is 17. The molecule has 4 nitrogen and oxygen atoms in total. The molecule has 0 N–H and O–H groups in total. The minimum atomic E-state index is 1.04. The summed E-state index contributed by atoms with van der Waals surface area (Å²) in [5.74, 6) is 0. The second-order valence-electron chi connectivity index (χ2n) is 35.7. The van der Waals surface area contributed by atoms with Gasteiger partial charge in [0.15, 0.2) is 0 Å². The van der Waals surface area contributed by atoms with E-state index in [0.717, 1.165) is 112 Å². The van der Waals surface area contributed by atoms with Gasteiger partial charge in [0.1, 0.15) is 0 Å². The van der Waals surface area contributed by atoms with Crippen LogP contribution >= 0.6 is 0 Å². The Labute approximate surface area is 788 Å². The Morgan fingerprint density at radius 2 is 0.419 bits per heavy atom. The lowest BCUT2D eigenvalue weighted by Gasteiger charge is -2.28. The van der Waals surface area contributed by atoms with E-state index in [9.17, 15) is 0 Å². The monoisotopic (exact) mass is 1730 g/mol. The molecule has 0 radical (unpaired) electrons. The van der Waals surface area contributed by atoms with Gasteiger partial charge in [0, 0.05) is 66.8 Å². The van der Waals surface area contributed by atoms with Crippen LogP contribution in [0.25, 0.3) is 220 Å². The zero-order valence-electron chi connectivity index (χ0n) is 74.4. The SMILES string of the molecule is c1ccc(-c2ccc(N(c3ccc(-c4cc5ccccc5c5ccccc45)cc3)c3ccccc3-c3cccc(-c4cccc5c4c4ccccc4n5-c4cccc(-c5ccc6c(c5)cc(-c5ccc(N(c7ccc(-c8cc9ccccc9c9ccccc89)cc7)c7ccccc7-c7cccc(-c8cccc9c8c8ccccc8n9-c8ccccc8)c7)cc5)c5ccccc56)c4)c3)cc2)cc1. The highest BCUT2D eigenvalue weighted by molar-refractivity contribution is 6.20. The van der Waals surface area contributed by atoms with E-state index >= 15 is 0 Å². The molecule has 634 valence electrons. The summed E-state index contributed by atoms with van der Waals surface area (Å²) in [7, 11) is 0. The molecule has 24 aromatic carbocycles. The Balaban J connectivity index is 0.549. The van der Waals surface area contributed by atoms with Crippen LogP contribution in [0.4, 0.5) is 34.1 Å². The van der Waals surface area contributed by atoms with Crippen molar-refractivity contribution in [3.8, 4) is 112 Å². The summed E-state index contributed by atoms with van der Waals surface area (Å²) in [6.45, 7) is 0. The smallest absolute Gasteiger partial charge is 0.0547 e. The fourth-order valence-corrected chi connectivity index (χ4v) is 21.8. The third kappa shape index (κ3) is 13.6. The van der Waals surface area contributed by atoms with E-state index in [1.807, 2.05) is 0 Å². The molecule has 0 aliphatic heterocycles. The number of benzene rings is 24. The van der Waals surface area contributed by atoms with E-state index in [4.69, 9.17) is 0 Å². The molecule has 0 amide bonds. The zero-order valence-corrected chi connectivity index (χ0v) is 74.4. The topological polar surface area (TPSA) is 16.3 Å². The number of hydrogen-bond acceptors (Lipinski definition) is 2. The van der Waals surface area contributed by atoms with Gasteiger partial charge in [0.25, 0.3) is 0 Å². The Morgan fingerprint density at radius 1 is 0.132 bits per heavy atom. The predicted molar refractivity (Wildman–Crippen MR) is 578 cm³/mol. The van der Waals surface area contributed by atoms with Gasteiger partial charge in [-0.25, -0.2) is 0 Å². The Bertz CT molecular complexity index is 9210. The first-order chi connectivity index (χ1) is 67.5. The highest BCUT2D eigenvalue weighted by Crippen LogP contribution is 2.51. The Morgan fingerprint density at radius 3 is 0.882 bits per heavy atom. The lowest BCUT2D eigenvalue weighted by atomic mass is 9.91. The van der Waals surface area contributed by atoms with Crippen LogP contribution in [0.5, 0.6) is 0 Å². The molecule has 0 unspecified atom stereocenters. The summed E-state index contributed by atoms with van der Waals surface area (Å²) in [6, 6.07) is 193. The van der Waals surface area contributed by atoms with Crippen molar-refractivity contribution in [2.75, 3.05) is 9.80 Å². The van der Waals surface area contributed by atoms with Crippen LogP contribution in [0, 0.1) is 0 Å². The van der Waals surface area contributed by atoms with Crippen LogP contribution in [0.15, 0.2) is 522 Å². The molecule has 26 aromatic rings. The normalized spacial score (nSPS) is 11.7. The lowest BCUT2D eigenvalue weighted by molar-refractivity contribution is 1.18. The molecular formula is C132H86N4. The van der Waals surface area contributed by atoms with Crippen LogP contribution in [0.1, 0.15) is 0 Å². The lowest BCUT2D eigenvalue weighted by Crippen LogP contribution is -2.11. The first-order valence-electron chi connectivity index (χ1n) is 46.9. The number of anilines is 6. The van der Waals surface area contributed by atoms with Crippen LogP contribution in [-0.4, -0.2) is 9.13 Å². The average Bonchev–Trinajstić information content (AvgIpc) is 1.47. The maximum atomic E-state index is 2.47. The third-order valence-corrected chi connectivity index (χ3v) is 28.0. The van der Waals surface area contributed by atoms with Gasteiger partial charge in [-0.3, -0.25) is 0 Å². The highest BCUT2D eigenvalue weighted by atomic mass is 15.2. The summed E-state index contributed by atoms with van der Waals surface area (Å²) in [4.78, 5) is 4.88. The zero-order chi connectivity index (χ0) is 89.7. The first-order valence-corrected chi connectivity index (χ1v) is 46.9. The van der Waals surface area contributed by atoms with E-state index in [-0.39, 0.29) is 0 Å². The van der Waals surface area contributed by atoms with Gasteiger partial charge in [-0.15, -0.1) is 0 Å². The van der Waals surface area contributed by atoms with Crippen molar-refractivity contribution < 1.29 is 0 Å². The van der Waals surface area contributed by atoms with E-state index in [0.29, 0.717) is 0 Å². The molecule has 26 rings (SSSR count). The average molecular weight is 1730 g/mol. The molecule has 0 atom stereocenters. The van der Waals surface area contributed by atoms with Gasteiger partial charge in [-0.1, -0.05) is 376 Å². The highest BCUT2D eigenvalue weighted by Gasteiger charge is 2.26. The fourth-order valence-electron chi connectivity index (χ4n) is 21.8. The molecule has 2 heterocycles. The van der Waals surface area contributed by atoms with Gasteiger partial charge in [-0.2, -0.15) is 0 Å². The molecule has 0 bridgehead atoms. The maximum Gasteiger partial charge on any atom is 0.0547 e. The summed E-state index contributed by atoms with van der Waals surface area (Å²) in [6.07, 6.45) is 0. The maximum absolute atomic E-state index is 2.47. The summed E-state index contributed by atoms with van der Waals surface area (Å²) in [5, 5.41) is 19.6. The number of hydrogen-bond donors (Lipinski definition) is 0. The van der Waals surface area contributed by atoms with Crippen LogP contribution < -0.4 is 9.80 Å². The molecule has 0 saturated heterocycles. The minimum Gasteiger partial charge on any atom is -0.310 e. The van der Waals surface area contributed by atoms with E-state index < -0.39 is 0 Å². The Kier molecular flexibility index (Phi) is 19.3. The number of nitrogens with zero attached hydrogens (tertiary/aromatic N) is 4. The van der Waals surface area contributed by atoms with Crippen molar-refractivity contribution in [2.45, 2.75) is 0 Å². The van der Waals surface area contributed by atoms with Crippen molar-refractivity contribution in [1.29, 1.82) is 0 Å². The van der Waals surface area contributed by atoms with Crippen LogP contribution in [0.2, 0.25) is 0 Å². The molecule has 0 fully saturated rings. The van der Waals surface area contributed by atoms with Gasteiger partial charge in [-0.05, 0) is 299 Å². The molecule has 0 spiro atoms. The molecule has 0 aliphatic rings. The van der Waals surface area contributed by atoms with E-state index in [1.54, 1.807) is 0 Å². The van der Waals surface area contributed by atoms with Crippen molar-refractivity contribution in [1.82, 2.24) is 9.13 Å². The predicted octanol–water partition coefficient (Wildman–Crippen LogP) is 36.7. The quantitative estimate of drug-likeness (QED) is 0.0845. The van der Waals surface area contributed by atoms with E-state index in [1.165, 1.54) is 142 Å². The summed E-state index contributed by atoms with van der Waals surface area (Å²) < 4.78 is 4.87. The number of fused-ring (bicyclic) bond motifs is 15. The molecule has 0 aliphatic carbocycles. The molecular weight excluding hydrogens is 1640 g/mol. The summed E-state index contributed by atoms with van der Waals surface area (Å²) in [5.41, 5.74) is 34.1.